The van der Waals surface area contributed by atoms with Crippen LogP contribution >= 0.6 is 23.4 Å². The minimum absolute atomic E-state index is 0.138. The first kappa shape index (κ1) is 22.9. The summed E-state index contributed by atoms with van der Waals surface area (Å²) >= 11 is 7.20. The molecule has 0 aliphatic heterocycles. The van der Waals surface area contributed by atoms with Crippen LogP contribution in [0.25, 0.3) is 5.69 Å². The number of nitrogens with zero attached hydrogens (tertiary/aromatic N) is 5. The Morgan fingerprint density at radius 2 is 1.82 bits per heavy atom. The van der Waals surface area contributed by atoms with E-state index < -0.39 is 0 Å². The van der Waals surface area contributed by atoms with E-state index in [1.165, 1.54) is 11.8 Å². The van der Waals surface area contributed by atoms with E-state index in [1.807, 2.05) is 60.5 Å². The fourth-order valence-electron chi connectivity index (χ4n) is 3.22. The maximum absolute atomic E-state index is 12.6. The molecule has 0 bridgehead atoms. The number of nitrogens with one attached hydrogen (secondary N) is 1. The summed E-state index contributed by atoms with van der Waals surface area (Å²) in [4.78, 5) is 12.6. The Hall–Kier alpha value is -3.30. The maximum Gasteiger partial charge on any atom is 0.234 e. The Morgan fingerprint density at radius 3 is 2.55 bits per heavy atom. The highest BCUT2D eigenvalue weighted by Crippen LogP contribution is 2.24. The van der Waals surface area contributed by atoms with Crippen LogP contribution in [-0.2, 0) is 18.4 Å². The molecule has 33 heavy (non-hydrogen) atoms. The molecule has 10 heteroatoms. The van der Waals surface area contributed by atoms with Gasteiger partial charge in [0.15, 0.2) is 11.0 Å². The molecule has 0 atom stereocenters. The van der Waals surface area contributed by atoms with Crippen LogP contribution in [0, 0.1) is 13.8 Å². The molecule has 0 fully saturated rings. The van der Waals surface area contributed by atoms with Crippen molar-refractivity contribution in [3.05, 3.63) is 76.8 Å². The normalized spacial score (nSPS) is 10.9. The third kappa shape index (κ3) is 5.37. The largest absolute Gasteiger partial charge is 0.486 e. The number of hydrogen-bond acceptors (Lipinski definition) is 6. The van der Waals surface area contributed by atoms with Gasteiger partial charge in [-0.05, 0) is 50.2 Å². The zero-order chi connectivity index (χ0) is 23.4. The number of amides is 1. The number of halogens is 1. The molecule has 0 spiro atoms. The Bertz CT molecular complexity index is 1250. The fraction of sp³-hybridized carbons (Fsp3) is 0.217. The van der Waals surface area contributed by atoms with Gasteiger partial charge in [0.2, 0.25) is 5.91 Å². The van der Waals surface area contributed by atoms with E-state index in [-0.39, 0.29) is 18.3 Å². The second-order valence-electron chi connectivity index (χ2n) is 7.33. The third-order valence-corrected chi connectivity index (χ3v) is 6.27. The second kappa shape index (κ2) is 10.1. The summed E-state index contributed by atoms with van der Waals surface area (Å²) in [5.74, 6) is 1.40. The fourth-order valence-corrected chi connectivity index (χ4v) is 4.08. The summed E-state index contributed by atoms with van der Waals surface area (Å²) in [6.07, 6.45) is 0. The minimum Gasteiger partial charge on any atom is -0.486 e. The van der Waals surface area contributed by atoms with Crippen molar-refractivity contribution >= 4 is 35.0 Å². The van der Waals surface area contributed by atoms with Crippen molar-refractivity contribution in [1.29, 1.82) is 0 Å². The molecule has 1 amide bonds. The van der Waals surface area contributed by atoms with Crippen molar-refractivity contribution in [2.24, 2.45) is 7.05 Å². The zero-order valence-electron chi connectivity index (χ0n) is 18.4. The smallest absolute Gasteiger partial charge is 0.234 e. The van der Waals surface area contributed by atoms with Gasteiger partial charge in [-0.3, -0.25) is 4.79 Å². The molecular weight excluding hydrogens is 460 g/mol. The SMILES string of the molecule is Cc1nn(-c2ccccc2)c(C)c1NC(=O)CSc1nnc(COc2ccc(Cl)cc2)n1C. The van der Waals surface area contributed by atoms with E-state index in [2.05, 4.69) is 20.6 Å². The van der Waals surface area contributed by atoms with E-state index >= 15 is 0 Å². The number of para-hydroxylation sites is 1. The number of thioether (sulfide) groups is 1. The Morgan fingerprint density at radius 1 is 1.09 bits per heavy atom. The number of aryl methyl sites for hydroxylation is 1. The lowest BCUT2D eigenvalue weighted by molar-refractivity contribution is -0.113. The highest BCUT2D eigenvalue weighted by atomic mass is 35.5. The topological polar surface area (TPSA) is 86.9 Å². The number of ether oxygens (including phenoxy) is 1. The van der Waals surface area contributed by atoms with Crippen LogP contribution in [0.4, 0.5) is 5.69 Å². The molecule has 4 rings (SSSR count). The molecule has 0 aliphatic rings. The van der Waals surface area contributed by atoms with Gasteiger partial charge in [0.05, 0.1) is 28.5 Å². The quantitative estimate of drug-likeness (QED) is 0.370. The number of benzene rings is 2. The Kier molecular flexibility index (Phi) is 7.00. The average molecular weight is 483 g/mol. The first-order valence-corrected chi connectivity index (χ1v) is 11.6. The summed E-state index contributed by atoms with van der Waals surface area (Å²) in [6.45, 7) is 4.07. The summed E-state index contributed by atoms with van der Waals surface area (Å²) in [5.41, 5.74) is 3.30. The Labute approximate surface area is 200 Å². The molecule has 0 saturated heterocycles. The van der Waals surface area contributed by atoms with Crippen LogP contribution in [-0.4, -0.2) is 36.2 Å². The molecule has 2 aromatic heterocycles. The number of rotatable bonds is 8. The lowest BCUT2D eigenvalue weighted by atomic mass is 10.3. The van der Waals surface area contributed by atoms with Crippen LogP contribution in [0.5, 0.6) is 5.75 Å². The monoisotopic (exact) mass is 482 g/mol. The number of aromatic nitrogens is 5. The summed E-state index contributed by atoms with van der Waals surface area (Å²) in [6, 6.07) is 16.9. The van der Waals surface area contributed by atoms with Crippen molar-refractivity contribution in [1.82, 2.24) is 24.5 Å². The van der Waals surface area contributed by atoms with Crippen molar-refractivity contribution in [3.63, 3.8) is 0 Å². The van der Waals surface area contributed by atoms with Gasteiger partial charge in [0.25, 0.3) is 0 Å². The Balaban J connectivity index is 1.35. The highest BCUT2D eigenvalue weighted by Gasteiger charge is 2.17. The molecule has 2 heterocycles. The first-order chi connectivity index (χ1) is 15.9. The molecule has 0 unspecified atom stereocenters. The van der Waals surface area contributed by atoms with Gasteiger partial charge in [0, 0.05) is 12.1 Å². The van der Waals surface area contributed by atoms with Crippen LogP contribution < -0.4 is 10.1 Å². The summed E-state index contributed by atoms with van der Waals surface area (Å²) < 4.78 is 9.38. The van der Waals surface area contributed by atoms with E-state index in [0.717, 1.165) is 22.8 Å². The number of anilines is 1. The molecule has 0 saturated carbocycles. The van der Waals surface area contributed by atoms with Gasteiger partial charge in [-0.2, -0.15) is 5.10 Å². The van der Waals surface area contributed by atoms with Gasteiger partial charge < -0.3 is 14.6 Å². The van der Waals surface area contributed by atoms with Gasteiger partial charge in [-0.25, -0.2) is 4.68 Å². The standard InChI is InChI=1S/C23H23ClN6O2S/c1-15-22(16(2)30(28-15)18-7-5-4-6-8-18)25-21(31)14-33-23-27-26-20(29(23)3)13-32-19-11-9-17(24)10-12-19/h4-12H,13-14H2,1-3H3,(H,25,31). The molecule has 0 radical (unpaired) electrons. The van der Waals surface area contributed by atoms with Crippen LogP contribution in [0.2, 0.25) is 5.02 Å². The summed E-state index contributed by atoms with van der Waals surface area (Å²) in [7, 11) is 1.85. The lowest BCUT2D eigenvalue weighted by Crippen LogP contribution is -2.15. The molecule has 1 N–H and O–H groups in total. The lowest BCUT2D eigenvalue weighted by Gasteiger charge is -2.08. The van der Waals surface area contributed by atoms with Crippen molar-refractivity contribution in [2.45, 2.75) is 25.6 Å². The predicted octanol–water partition coefficient (Wildman–Crippen LogP) is 4.58. The van der Waals surface area contributed by atoms with Crippen LogP contribution in [0.15, 0.2) is 59.8 Å². The van der Waals surface area contributed by atoms with Gasteiger partial charge >= 0.3 is 0 Å². The molecule has 4 aromatic rings. The molecule has 2 aromatic carbocycles. The number of carbonyl (C=O) groups excluding carboxylic acids is 1. The van der Waals surface area contributed by atoms with E-state index in [4.69, 9.17) is 16.3 Å². The molecular formula is C23H23ClN6O2S. The van der Waals surface area contributed by atoms with Crippen molar-refractivity contribution in [2.75, 3.05) is 11.1 Å². The van der Waals surface area contributed by atoms with E-state index in [0.29, 0.717) is 21.8 Å². The molecule has 0 aliphatic carbocycles. The maximum atomic E-state index is 12.6. The van der Waals surface area contributed by atoms with Crippen molar-refractivity contribution in [3.8, 4) is 11.4 Å². The van der Waals surface area contributed by atoms with E-state index in [1.54, 1.807) is 24.3 Å². The van der Waals surface area contributed by atoms with E-state index in [9.17, 15) is 4.79 Å². The van der Waals surface area contributed by atoms with Gasteiger partial charge in [0.1, 0.15) is 12.4 Å². The molecule has 170 valence electrons. The van der Waals surface area contributed by atoms with Gasteiger partial charge in [-0.1, -0.05) is 41.6 Å². The number of carbonyl (C=O) groups is 1. The third-order valence-electron chi connectivity index (χ3n) is 5.00. The zero-order valence-corrected chi connectivity index (χ0v) is 20.0. The molecule has 8 nitrogen and oxygen atoms in total. The minimum atomic E-state index is -0.138. The first-order valence-electron chi connectivity index (χ1n) is 10.2. The number of hydrogen-bond donors (Lipinski definition) is 1. The van der Waals surface area contributed by atoms with Crippen LogP contribution in [0.1, 0.15) is 17.2 Å². The average Bonchev–Trinajstić information content (AvgIpc) is 3.31. The summed E-state index contributed by atoms with van der Waals surface area (Å²) in [5, 5.41) is 17.2. The second-order valence-corrected chi connectivity index (χ2v) is 8.71. The van der Waals surface area contributed by atoms with Crippen LogP contribution in [0.3, 0.4) is 0 Å². The predicted molar refractivity (Wildman–Crippen MR) is 129 cm³/mol. The highest BCUT2D eigenvalue weighted by molar-refractivity contribution is 7.99. The van der Waals surface area contributed by atoms with Crippen molar-refractivity contribution < 1.29 is 9.53 Å². The van der Waals surface area contributed by atoms with Gasteiger partial charge in [-0.15, -0.1) is 10.2 Å².